The number of nitrogens with two attached hydrogens (primary N) is 1. The molecule has 106 valence electrons. The monoisotopic (exact) mass is 287 g/mol. The number of nitrogens with one attached hydrogen (secondary N) is 1. The van der Waals surface area contributed by atoms with E-state index in [0.29, 0.717) is 23.9 Å². The van der Waals surface area contributed by atoms with E-state index in [9.17, 15) is 10.1 Å². The van der Waals surface area contributed by atoms with E-state index in [2.05, 4.69) is 5.32 Å². The summed E-state index contributed by atoms with van der Waals surface area (Å²) < 4.78 is 5.10. The van der Waals surface area contributed by atoms with Crippen molar-refractivity contribution in [3.63, 3.8) is 0 Å². The molecule has 0 radical (unpaired) electrons. The molecule has 3 N–H and O–H groups in total. The van der Waals surface area contributed by atoms with Gasteiger partial charge in [0.15, 0.2) is 0 Å². The molecular formula is C12H18ClN3O3. The smallest absolute Gasteiger partial charge is 0.292 e. The van der Waals surface area contributed by atoms with Crippen molar-refractivity contribution < 1.29 is 9.66 Å². The van der Waals surface area contributed by atoms with Gasteiger partial charge in [-0.25, -0.2) is 0 Å². The molecule has 0 saturated carbocycles. The standard InChI is InChI=1S/C12H18ClN3O3/c1-19-8-10(3-2-6-14)15-11-7-9(13)4-5-12(11)16(17)18/h4-5,7,10,15H,2-3,6,8,14H2,1H3. The Balaban J connectivity index is 2.87. The van der Waals surface area contributed by atoms with Crippen LogP contribution in [0.5, 0.6) is 0 Å². The summed E-state index contributed by atoms with van der Waals surface area (Å²) in [6.45, 7) is 1.02. The number of nitrogens with zero attached hydrogens (tertiary/aromatic N) is 1. The summed E-state index contributed by atoms with van der Waals surface area (Å²) >= 11 is 5.87. The highest BCUT2D eigenvalue weighted by molar-refractivity contribution is 6.31. The molecule has 0 aliphatic carbocycles. The predicted molar refractivity (Wildman–Crippen MR) is 75.7 cm³/mol. The molecule has 0 fully saturated rings. The van der Waals surface area contributed by atoms with Crippen LogP contribution in [0.3, 0.4) is 0 Å². The van der Waals surface area contributed by atoms with Crippen LogP contribution in [0.15, 0.2) is 18.2 Å². The Labute approximate surface area is 117 Å². The van der Waals surface area contributed by atoms with Crippen LogP contribution in [0.4, 0.5) is 11.4 Å². The van der Waals surface area contributed by atoms with Crippen molar-refractivity contribution in [1.82, 2.24) is 0 Å². The molecule has 7 heteroatoms. The van der Waals surface area contributed by atoms with Gasteiger partial charge in [0.2, 0.25) is 0 Å². The minimum absolute atomic E-state index is 0.00162. The van der Waals surface area contributed by atoms with Crippen LogP contribution in [0.2, 0.25) is 5.02 Å². The van der Waals surface area contributed by atoms with E-state index in [0.717, 1.165) is 12.8 Å². The van der Waals surface area contributed by atoms with Gasteiger partial charge in [-0.1, -0.05) is 11.6 Å². The van der Waals surface area contributed by atoms with Crippen molar-refractivity contribution >= 4 is 23.0 Å². The molecule has 1 aromatic rings. The summed E-state index contributed by atoms with van der Waals surface area (Å²) in [5, 5.41) is 14.5. The molecule has 0 saturated heterocycles. The lowest BCUT2D eigenvalue weighted by Gasteiger charge is -2.19. The molecule has 1 atom stereocenters. The van der Waals surface area contributed by atoms with Crippen molar-refractivity contribution in [2.75, 3.05) is 25.6 Å². The third-order valence-corrected chi connectivity index (χ3v) is 2.87. The van der Waals surface area contributed by atoms with Gasteiger partial charge in [-0.05, 0) is 31.5 Å². The lowest BCUT2D eigenvalue weighted by atomic mass is 10.1. The summed E-state index contributed by atoms with van der Waals surface area (Å²) in [4.78, 5) is 10.5. The van der Waals surface area contributed by atoms with E-state index in [4.69, 9.17) is 22.1 Å². The van der Waals surface area contributed by atoms with Gasteiger partial charge < -0.3 is 15.8 Å². The molecule has 0 aliphatic heterocycles. The summed E-state index contributed by atoms with van der Waals surface area (Å²) in [7, 11) is 1.59. The second kappa shape index (κ2) is 7.93. The number of ether oxygens (including phenoxy) is 1. The minimum Gasteiger partial charge on any atom is -0.383 e. The number of halogens is 1. The molecule has 19 heavy (non-hydrogen) atoms. The van der Waals surface area contributed by atoms with Crippen molar-refractivity contribution in [1.29, 1.82) is 0 Å². The van der Waals surface area contributed by atoms with Crippen molar-refractivity contribution in [3.8, 4) is 0 Å². The Morgan fingerprint density at radius 3 is 2.89 bits per heavy atom. The molecule has 6 nitrogen and oxygen atoms in total. The number of nitro groups is 1. The number of nitro benzene ring substituents is 1. The van der Waals surface area contributed by atoms with E-state index in [1.54, 1.807) is 13.2 Å². The maximum Gasteiger partial charge on any atom is 0.292 e. The number of benzene rings is 1. The third-order valence-electron chi connectivity index (χ3n) is 2.64. The summed E-state index contributed by atoms with van der Waals surface area (Å²) in [6.07, 6.45) is 1.59. The van der Waals surface area contributed by atoms with Gasteiger partial charge in [0.25, 0.3) is 5.69 Å². The topological polar surface area (TPSA) is 90.4 Å². The molecule has 0 heterocycles. The van der Waals surface area contributed by atoms with Gasteiger partial charge in [-0.3, -0.25) is 10.1 Å². The highest BCUT2D eigenvalue weighted by atomic mass is 35.5. The van der Waals surface area contributed by atoms with Crippen LogP contribution in [-0.4, -0.2) is 31.2 Å². The van der Waals surface area contributed by atoms with Crippen LogP contribution in [0, 0.1) is 10.1 Å². The molecule has 0 spiro atoms. The Bertz CT molecular complexity index is 429. The van der Waals surface area contributed by atoms with E-state index in [1.807, 2.05) is 0 Å². The van der Waals surface area contributed by atoms with Crippen LogP contribution in [0.1, 0.15) is 12.8 Å². The second-order valence-electron chi connectivity index (χ2n) is 4.15. The first-order valence-electron chi connectivity index (χ1n) is 5.98. The average molecular weight is 288 g/mol. The van der Waals surface area contributed by atoms with Crippen molar-refractivity contribution in [2.45, 2.75) is 18.9 Å². The quantitative estimate of drug-likeness (QED) is 0.566. The second-order valence-corrected chi connectivity index (χ2v) is 4.58. The Morgan fingerprint density at radius 1 is 1.58 bits per heavy atom. The molecule has 0 bridgehead atoms. The Morgan fingerprint density at radius 2 is 2.32 bits per heavy atom. The predicted octanol–water partition coefficient (Wildman–Crippen LogP) is 2.41. The van der Waals surface area contributed by atoms with Crippen molar-refractivity contribution in [3.05, 3.63) is 33.3 Å². The number of methoxy groups -OCH3 is 1. The fourth-order valence-corrected chi connectivity index (χ4v) is 1.94. The zero-order valence-corrected chi connectivity index (χ0v) is 11.5. The van der Waals surface area contributed by atoms with Crippen LogP contribution in [-0.2, 0) is 4.74 Å². The highest BCUT2D eigenvalue weighted by Crippen LogP contribution is 2.28. The number of hydrogen-bond acceptors (Lipinski definition) is 5. The molecule has 1 unspecified atom stereocenters. The minimum atomic E-state index is -0.439. The van der Waals surface area contributed by atoms with Gasteiger partial charge in [0, 0.05) is 24.2 Å². The molecule has 0 amide bonds. The average Bonchev–Trinajstić information content (AvgIpc) is 2.36. The number of hydrogen-bond donors (Lipinski definition) is 2. The Kier molecular flexibility index (Phi) is 6.55. The largest absolute Gasteiger partial charge is 0.383 e. The molecule has 1 aromatic carbocycles. The lowest BCUT2D eigenvalue weighted by Crippen LogP contribution is -2.26. The van der Waals surface area contributed by atoms with E-state index in [1.165, 1.54) is 12.1 Å². The molecule has 1 rings (SSSR count). The fourth-order valence-electron chi connectivity index (χ4n) is 1.77. The maximum atomic E-state index is 11.0. The summed E-state index contributed by atoms with van der Waals surface area (Å²) in [5.74, 6) is 0. The van der Waals surface area contributed by atoms with Crippen LogP contribution in [0.25, 0.3) is 0 Å². The number of rotatable bonds is 8. The molecule has 0 aromatic heterocycles. The SMILES string of the molecule is COCC(CCCN)Nc1cc(Cl)ccc1[N+](=O)[O-]. The first-order valence-corrected chi connectivity index (χ1v) is 6.35. The lowest BCUT2D eigenvalue weighted by molar-refractivity contribution is -0.384. The first kappa shape index (κ1) is 15.7. The maximum absolute atomic E-state index is 11.0. The Hall–Kier alpha value is -1.37. The first-order chi connectivity index (χ1) is 9.08. The highest BCUT2D eigenvalue weighted by Gasteiger charge is 2.17. The van der Waals surface area contributed by atoms with E-state index < -0.39 is 4.92 Å². The third kappa shape index (κ3) is 5.02. The van der Waals surface area contributed by atoms with Gasteiger partial charge in [0.05, 0.1) is 11.5 Å². The zero-order chi connectivity index (χ0) is 14.3. The van der Waals surface area contributed by atoms with Crippen molar-refractivity contribution in [2.24, 2.45) is 5.73 Å². The van der Waals surface area contributed by atoms with Crippen LogP contribution >= 0.6 is 11.6 Å². The van der Waals surface area contributed by atoms with Gasteiger partial charge in [-0.2, -0.15) is 0 Å². The number of anilines is 1. The normalized spacial score (nSPS) is 12.2. The fraction of sp³-hybridized carbons (Fsp3) is 0.500. The van der Waals surface area contributed by atoms with Crippen LogP contribution < -0.4 is 11.1 Å². The van der Waals surface area contributed by atoms with E-state index >= 15 is 0 Å². The zero-order valence-electron chi connectivity index (χ0n) is 10.8. The van der Waals surface area contributed by atoms with E-state index in [-0.39, 0.29) is 11.7 Å². The summed E-state index contributed by atoms with van der Waals surface area (Å²) in [5.41, 5.74) is 5.87. The van der Waals surface area contributed by atoms with Gasteiger partial charge >= 0.3 is 0 Å². The van der Waals surface area contributed by atoms with Gasteiger partial charge in [-0.15, -0.1) is 0 Å². The molecule has 0 aliphatic rings. The molecular weight excluding hydrogens is 270 g/mol. The van der Waals surface area contributed by atoms with Gasteiger partial charge in [0.1, 0.15) is 5.69 Å². The summed E-state index contributed by atoms with van der Waals surface area (Å²) in [6, 6.07) is 4.39.